The lowest BCUT2D eigenvalue weighted by atomic mass is 10.1. The molecule has 1 aliphatic heterocycles. The van der Waals surface area contributed by atoms with Gasteiger partial charge in [0.05, 0.1) is 6.04 Å². The molecule has 98 valence electrons. The van der Waals surface area contributed by atoms with Gasteiger partial charge in [0, 0.05) is 25.2 Å². The molecule has 3 N–H and O–H groups in total. The largest absolute Gasteiger partial charge is 0.347 e. The highest BCUT2D eigenvalue weighted by Crippen LogP contribution is 2.04. The van der Waals surface area contributed by atoms with Crippen molar-refractivity contribution in [1.82, 2.24) is 16.0 Å². The molecule has 4 nitrogen and oxygen atoms in total. The van der Waals surface area contributed by atoms with Crippen LogP contribution in [0.1, 0.15) is 33.6 Å². The third-order valence-electron chi connectivity index (χ3n) is 3.08. The van der Waals surface area contributed by atoms with E-state index >= 15 is 0 Å². The molecule has 1 rings (SSSR count). The van der Waals surface area contributed by atoms with E-state index < -0.39 is 0 Å². The van der Waals surface area contributed by atoms with Crippen molar-refractivity contribution in [1.29, 1.82) is 0 Å². The van der Waals surface area contributed by atoms with Gasteiger partial charge in [-0.1, -0.05) is 19.4 Å². The van der Waals surface area contributed by atoms with Crippen LogP contribution in [-0.2, 0) is 4.79 Å². The molecule has 1 aliphatic rings. The van der Waals surface area contributed by atoms with E-state index in [0.29, 0.717) is 12.1 Å². The molecule has 1 saturated heterocycles. The second-order valence-corrected chi connectivity index (χ2v) is 4.74. The van der Waals surface area contributed by atoms with E-state index in [4.69, 9.17) is 0 Å². The van der Waals surface area contributed by atoms with Gasteiger partial charge in [0.15, 0.2) is 0 Å². The fraction of sp³-hybridized carbons (Fsp3) is 0.769. The van der Waals surface area contributed by atoms with Gasteiger partial charge in [-0.05, 0) is 26.3 Å². The van der Waals surface area contributed by atoms with E-state index in [9.17, 15) is 4.79 Å². The number of rotatable bonds is 6. The summed E-state index contributed by atoms with van der Waals surface area (Å²) in [4.78, 5) is 11.5. The predicted molar refractivity (Wildman–Crippen MR) is 70.9 cm³/mol. The molecule has 0 aromatic heterocycles. The van der Waals surface area contributed by atoms with Crippen LogP contribution in [0.5, 0.6) is 0 Å². The van der Waals surface area contributed by atoms with Gasteiger partial charge < -0.3 is 16.0 Å². The number of allylic oxidation sites excluding steroid dienone is 1. The van der Waals surface area contributed by atoms with Crippen molar-refractivity contribution in [3.05, 3.63) is 12.2 Å². The molecule has 3 atom stereocenters. The van der Waals surface area contributed by atoms with E-state index in [1.807, 2.05) is 6.92 Å². The summed E-state index contributed by atoms with van der Waals surface area (Å²) in [7, 11) is 0. The first-order chi connectivity index (χ1) is 8.17. The number of hydrogen-bond donors (Lipinski definition) is 3. The Kier molecular flexibility index (Phi) is 6.22. The average Bonchev–Trinajstić information content (AvgIpc) is 2.66. The van der Waals surface area contributed by atoms with E-state index in [1.54, 1.807) is 12.2 Å². The number of carbonyl (C=O) groups excluding carboxylic acids is 1. The lowest BCUT2D eigenvalue weighted by Crippen LogP contribution is -2.51. The predicted octanol–water partition coefficient (Wildman–Crippen LogP) is 0.797. The van der Waals surface area contributed by atoms with Gasteiger partial charge in [0.1, 0.15) is 0 Å². The monoisotopic (exact) mass is 239 g/mol. The lowest BCUT2D eigenvalue weighted by molar-refractivity contribution is -0.117. The highest BCUT2D eigenvalue weighted by Gasteiger charge is 2.28. The molecule has 1 fully saturated rings. The summed E-state index contributed by atoms with van der Waals surface area (Å²) in [5.74, 6) is -0.00357. The zero-order chi connectivity index (χ0) is 12.7. The van der Waals surface area contributed by atoms with Gasteiger partial charge in [-0.15, -0.1) is 0 Å². The number of carbonyl (C=O) groups is 1. The smallest absolute Gasteiger partial charge is 0.243 e. The van der Waals surface area contributed by atoms with Crippen LogP contribution in [0.15, 0.2) is 12.2 Å². The normalized spacial score (nSPS) is 26.3. The summed E-state index contributed by atoms with van der Waals surface area (Å²) in [6, 6.07) is 1.04. The van der Waals surface area contributed by atoms with Crippen LogP contribution in [0.3, 0.4) is 0 Å². The van der Waals surface area contributed by atoms with Crippen molar-refractivity contribution in [3.63, 3.8) is 0 Å². The average molecular weight is 239 g/mol. The Bertz CT molecular complexity index is 265. The van der Waals surface area contributed by atoms with Crippen molar-refractivity contribution < 1.29 is 4.79 Å². The minimum Gasteiger partial charge on any atom is -0.347 e. The molecule has 0 bridgehead atoms. The third kappa shape index (κ3) is 4.88. The quantitative estimate of drug-likeness (QED) is 0.601. The first-order valence-electron chi connectivity index (χ1n) is 6.57. The number of amides is 1. The van der Waals surface area contributed by atoms with Crippen molar-refractivity contribution in [2.45, 2.75) is 51.7 Å². The highest BCUT2D eigenvalue weighted by molar-refractivity contribution is 5.87. The first kappa shape index (κ1) is 14.2. The highest BCUT2D eigenvalue weighted by atomic mass is 16.1. The third-order valence-corrected chi connectivity index (χ3v) is 3.08. The van der Waals surface area contributed by atoms with Crippen molar-refractivity contribution >= 4 is 5.91 Å². The van der Waals surface area contributed by atoms with Crippen LogP contribution in [0, 0.1) is 0 Å². The summed E-state index contributed by atoms with van der Waals surface area (Å²) in [5.41, 5.74) is 0. The maximum atomic E-state index is 11.5. The summed E-state index contributed by atoms with van der Waals surface area (Å²) < 4.78 is 0. The minimum absolute atomic E-state index is 0.00357. The van der Waals surface area contributed by atoms with Crippen molar-refractivity contribution in [2.24, 2.45) is 0 Å². The molecule has 1 amide bonds. The SMILES string of the molecule is C/C=C/C(=O)N[C@@H]1CNC[C@H]1NC(C)CCC. The fourth-order valence-corrected chi connectivity index (χ4v) is 2.27. The van der Waals surface area contributed by atoms with Crippen LogP contribution in [0.2, 0.25) is 0 Å². The molecule has 0 spiro atoms. The van der Waals surface area contributed by atoms with Crippen molar-refractivity contribution in [3.8, 4) is 0 Å². The minimum atomic E-state index is -0.00357. The van der Waals surface area contributed by atoms with E-state index in [-0.39, 0.29) is 11.9 Å². The Labute approximate surface area is 104 Å². The van der Waals surface area contributed by atoms with Gasteiger partial charge in [0.2, 0.25) is 5.91 Å². The summed E-state index contributed by atoms with van der Waals surface area (Å²) in [6.07, 6.45) is 5.70. The topological polar surface area (TPSA) is 53.2 Å². The molecule has 1 unspecified atom stereocenters. The molecule has 1 heterocycles. The molecule has 17 heavy (non-hydrogen) atoms. The Morgan fingerprint density at radius 3 is 2.82 bits per heavy atom. The van der Waals surface area contributed by atoms with Crippen LogP contribution in [0.25, 0.3) is 0 Å². The van der Waals surface area contributed by atoms with Crippen LogP contribution in [0.4, 0.5) is 0 Å². The molecular formula is C13H25N3O. The van der Waals surface area contributed by atoms with E-state index in [2.05, 4.69) is 29.8 Å². The van der Waals surface area contributed by atoms with E-state index in [1.165, 1.54) is 12.8 Å². The summed E-state index contributed by atoms with van der Waals surface area (Å²) in [6.45, 7) is 8.02. The molecule has 0 aromatic carbocycles. The zero-order valence-electron chi connectivity index (χ0n) is 11.1. The molecule has 0 aliphatic carbocycles. The summed E-state index contributed by atoms with van der Waals surface area (Å²) in [5, 5.41) is 9.92. The zero-order valence-corrected chi connectivity index (χ0v) is 11.1. The second kappa shape index (κ2) is 7.45. The van der Waals surface area contributed by atoms with Crippen LogP contribution < -0.4 is 16.0 Å². The van der Waals surface area contributed by atoms with Crippen LogP contribution in [-0.4, -0.2) is 37.1 Å². The Hall–Kier alpha value is -0.870. The van der Waals surface area contributed by atoms with Gasteiger partial charge in [-0.2, -0.15) is 0 Å². The molecule has 0 aromatic rings. The Morgan fingerprint density at radius 1 is 1.47 bits per heavy atom. The summed E-state index contributed by atoms with van der Waals surface area (Å²) >= 11 is 0. The van der Waals surface area contributed by atoms with Gasteiger partial charge >= 0.3 is 0 Å². The van der Waals surface area contributed by atoms with E-state index in [0.717, 1.165) is 13.1 Å². The maximum Gasteiger partial charge on any atom is 0.243 e. The van der Waals surface area contributed by atoms with Gasteiger partial charge in [0.25, 0.3) is 0 Å². The molecular weight excluding hydrogens is 214 g/mol. The molecule has 0 radical (unpaired) electrons. The fourth-order valence-electron chi connectivity index (χ4n) is 2.27. The number of hydrogen-bond acceptors (Lipinski definition) is 3. The van der Waals surface area contributed by atoms with Gasteiger partial charge in [-0.3, -0.25) is 4.79 Å². The first-order valence-corrected chi connectivity index (χ1v) is 6.57. The van der Waals surface area contributed by atoms with Gasteiger partial charge in [-0.25, -0.2) is 0 Å². The number of nitrogens with one attached hydrogen (secondary N) is 3. The molecule has 4 heteroatoms. The van der Waals surface area contributed by atoms with Crippen molar-refractivity contribution in [2.75, 3.05) is 13.1 Å². The van der Waals surface area contributed by atoms with Crippen LogP contribution >= 0.6 is 0 Å². The second-order valence-electron chi connectivity index (χ2n) is 4.74. The Balaban J connectivity index is 2.40. The maximum absolute atomic E-state index is 11.5. The standard InChI is InChI=1S/C13H25N3O/c1-4-6-10(3)15-11-8-14-9-12(11)16-13(17)7-5-2/h5,7,10-12,14-15H,4,6,8-9H2,1-3H3,(H,16,17)/b7-5+/t10?,11-,12-/m1/s1. The molecule has 0 saturated carbocycles. The Morgan fingerprint density at radius 2 is 2.18 bits per heavy atom. The lowest BCUT2D eigenvalue weighted by Gasteiger charge is -2.24.